The molecule has 2 atom stereocenters. The van der Waals surface area contributed by atoms with Gasteiger partial charge in [0, 0.05) is 10.3 Å². The molecule has 0 saturated heterocycles. The summed E-state index contributed by atoms with van der Waals surface area (Å²) in [4.78, 5) is 1.36. The first-order valence-corrected chi connectivity index (χ1v) is 6.92. The van der Waals surface area contributed by atoms with E-state index in [1.54, 1.807) is 0 Å². The monoisotopic (exact) mass is 242 g/mol. The Labute approximate surface area is 102 Å². The van der Waals surface area contributed by atoms with Crippen molar-refractivity contribution in [3.8, 4) is 0 Å². The lowest BCUT2D eigenvalue weighted by Crippen LogP contribution is -2.03. The number of hydrogen-bond acceptors (Lipinski definition) is 1. The molecule has 0 heterocycles. The summed E-state index contributed by atoms with van der Waals surface area (Å²) in [6.45, 7) is 4.35. The quantitative estimate of drug-likeness (QED) is 0.509. The van der Waals surface area contributed by atoms with Crippen LogP contribution >= 0.6 is 23.4 Å². The van der Waals surface area contributed by atoms with Gasteiger partial charge in [0.2, 0.25) is 0 Å². The highest BCUT2D eigenvalue weighted by molar-refractivity contribution is 7.99. The first-order valence-electron chi connectivity index (χ1n) is 5.50. The average Bonchev–Trinajstić information content (AvgIpc) is 2.18. The van der Waals surface area contributed by atoms with E-state index in [0.717, 1.165) is 12.3 Å². The largest absolute Gasteiger partial charge is 0.126 e. The lowest BCUT2D eigenvalue weighted by atomic mass is 10.0. The van der Waals surface area contributed by atoms with E-state index in [-0.39, 0.29) is 0 Å². The standard InChI is InChI=1S/C13H19ClS/c1-11(10-12(2)14)8-9-15-13-6-4-3-5-7-13/h3-7,11-12H,8-10H2,1-2H3. The maximum Gasteiger partial charge on any atom is 0.0310 e. The molecule has 0 aliphatic carbocycles. The van der Waals surface area contributed by atoms with Crippen LogP contribution in [0.5, 0.6) is 0 Å². The van der Waals surface area contributed by atoms with Gasteiger partial charge in [-0.1, -0.05) is 25.1 Å². The molecule has 0 saturated carbocycles. The molecule has 0 radical (unpaired) electrons. The minimum absolute atomic E-state index is 0.307. The third-order valence-corrected chi connectivity index (χ3v) is 3.57. The molecular weight excluding hydrogens is 224 g/mol. The molecule has 0 spiro atoms. The van der Waals surface area contributed by atoms with Gasteiger partial charge in [0.05, 0.1) is 0 Å². The summed E-state index contributed by atoms with van der Waals surface area (Å²) in [6.07, 6.45) is 2.37. The molecule has 0 bridgehead atoms. The van der Waals surface area contributed by atoms with Crippen molar-refractivity contribution in [1.29, 1.82) is 0 Å². The number of halogens is 1. The summed E-state index contributed by atoms with van der Waals surface area (Å²) in [7, 11) is 0. The van der Waals surface area contributed by atoms with Gasteiger partial charge >= 0.3 is 0 Å². The molecule has 0 N–H and O–H groups in total. The van der Waals surface area contributed by atoms with Crippen LogP contribution < -0.4 is 0 Å². The van der Waals surface area contributed by atoms with Gasteiger partial charge in [-0.25, -0.2) is 0 Å². The van der Waals surface area contributed by atoms with Crippen LogP contribution in [0.4, 0.5) is 0 Å². The highest BCUT2D eigenvalue weighted by Gasteiger charge is 2.06. The summed E-state index contributed by atoms with van der Waals surface area (Å²) in [5.74, 6) is 1.92. The summed E-state index contributed by atoms with van der Waals surface area (Å²) in [6, 6.07) is 10.6. The van der Waals surface area contributed by atoms with Gasteiger partial charge in [0.1, 0.15) is 0 Å². The summed E-state index contributed by atoms with van der Waals surface area (Å²) < 4.78 is 0. The van der Waals surface area contributed by atoms with Crippen molar-refractivity contribution in [3.05, 3.63) is 30.3 Å². The molecule has 84 valence electrons. The van der Waals surface area contributed by atoms with E-state index in [9.17, 15) is 0 Å². The number of benzene rings is 1. The van der Waals surface area contributed by atoms with Gasteiger partial charge in [-0.2, -0.15) is 0 Å². The highest BCUT2D eigenvalue weighted by Crippen LogP contribution is 2.22. The fraction of sp³-hybridized carbons (Fsp3) is 0.538. The first kappa shape index (κ1) is 12.9. The van der Waals surface area contributed by atoms with E-state index in [2.05, 4.69) is 44.2 Å². The minimum atomic E-state index is 0.307. The molecule has 0 aromatic heterocycles. The Hall–Kier alpha value is -0.140. The normalized spacial score (nSPS) is 14.9. The van der Waals surface area contributed by atoms with Crippen molar-refractivity contribution < 1.29 is 0 Å². The Morgan fingerprint density at radius 2 is 1.87 bits per heavy atom. The molecule has 0 nitrogen and oxygen atoms in total. The van der Waals surface area contributed by atoms with Crippen LogP contribution in [0.25, 0.3) is 0 Å². The predicted molar refractivity (Wildman–Crippen MR) is 70.9 cm³/mol. The number of hydrogen-bond donors (Lipinski definition) is 0. The predicted octanol–water partition coefficient (Wildman–Crippen LogP) is 4.82. The molecule has 0 fully saturated rings. The molecule has 2 unspecified atom stereocenters. The summed E-state index contributed by atoms with van der Waals surface area (Å²) in [5, 5.41) is 0.307. The van der Waals surface area contributed by atoms with Gasteiger partial charge in [-0.15, -0.1) is 23.4 Å². The second kappa shape index (κ2) is 7.19. The Kier molecular flexibility index (Phi) is 6.19. The van der Waals surface area contributed by atoms with E-state index in [0.29, 0.717) is 5.38 Å². The van der Waals surface area contributed by atoms with Gasteiger partial charge in [0.25, 0.3) is 0 Å². The van der Waals surface area contributed by atoms with Crippen LogP contribution in [-0.2, 0) is 0 Å². The molecular formula is C13H19ClS. The van der Waals surface area contributed by atoms with E-state index in [4.69, 9.17) is 11.6 Å². The average molecular weight is 243 g/mol. The zero-order valence-electron chi connectivity index (χ0n) is 9.45. The summed E-state index contributed by atoms with van der Waals surface area (Å²) in [5.41, 5.74) is 0. The molecule has 1 aromatic rings. The zero-order chi connectivity index (χ0) is 11.1. The molecule has 2 heteroatoms. The Morgan fingerprint density at radius 1 is 1.20 bits per heavy atom. The molecule has 0 aliphatic rings. The minimum Gasteiger partial charge on any atom is -0.126 e. The number of thioether (sulfide) groups is 1. The summed E-state index contributed by atoms with van der Waals surface area (Å²) >= 11 is 7.89. The van der Waals surface area contributed by atoms with E-state index in [1.165, 1.54) is 17.1 Å². The molecule has 1 aromatic carbocycles. The van der Waals surface area contributed by atoms with Crippen LogP contribution in [0.3, 0.4) is 0 Å². The van der Waals surface area contributed by atoms with E-state index in [1.807, 2.05) is 11.8 Å². The molecule has 0 amide bonds. The third-order valence-electron chi connectivity index (χ3n) is 2.35. The third kappa shape index (κ3) is 6.11. The Bertz CT molecular complexity index is 258. The highest BCUT2D eigenvalue weighted by atomic mass is 35.5. The SMILES string of the molecule is CC(Cl)CC(C)CCSc1ccccc1. The van der Waals surface area contributed by atoms with Crippen LogP contribution in [0, 0.1) is 5.92 Å². The van der Waals surface area contributed by atoms with Crippen LogP contribution in [0.2, 0.25) is 0 Å². The number of rotatable bonds is 6. The Morgan fingerprint density at radius 3 is 2.47 bits per heavy atom. The lowest BCUT2D eigenvalue weighted by Gasteiger charge is -2.12. The first-order chi connectivity index (χ1) is 7.18. The maximum atomic E-state index is 5.96. The number of alkyl halides is 1. The van der Waals surface area contributed by atoms with Crippen molar-refractivity contribution in [2.75, 3.05) is 5.75 Å². The topological polar surface area (TPSA) is 0 Å². The van der Waals surface area contributed by atoms with Gasteiger partial charge in [-0.05, 0) is 43.6 Å². The van der Waals surface area contributed by atoms with Gasteiger partial charge in [0.15, 0.2) is 0 Å². The molecule has 1 rings (SSSR count). The molecule has 15 heavy (non-hydrogen) atoms. The maximum absolute atomic E-state index is 5.96. The molecule has 0 aliphatic heterocycles. The van der Waals surface area contributed by atoms with Crippen molar-refractivity contribution in [3.63, 3.8) is 0 Å². The fourth-order valence-electron chi connectivity index (χ4n) is 1.57. The second-order valence-corrected chi connectivity index (χ2v) is 5.99. The van der Waals surface area contributed by atoms with E-state index < -0.39 is 0 Å². The van der Waals surface area contributed by atoms with Crippen molar-refractivity contribution in [1.82, 2.24) is 0 Å². The van der Waals surface area contributed by atoms with Crippen molar-refractivity contribution in [2.45, 2.75) is 37.0 Å². The van der Waals surface area contributed by atoms with Crippen LogP contribution in [0.1, 0.15) is 26.7 Å². The fourth-order valence-corrected chi connectivity index (χ4v) is 2.98. The smallest absolute Gasteiger partial charge is 0.0310 e. The van der Waals surface area contributed by atoms with E-state index >= 15 is 0 Å². The van der Waals surface area contributed by atoms with Crippen LogP contribution in [-0.4, -0.2) is 11.1 Å². The zero-order valence-corrected chi connectivity index (χ0v) is 11.0. The van der Waals surface area contributed by atoms with Crippen LogP contribution in [0.15, 0.2) is 35.2 Å². The lowest BCUT2D eigenvalue weighted by molar-refractivity contribution is 0.517. The Balaban J connectivity index is 2.16. The van der Waals surface area contributed by atoms with Crippen molar-refractivity contribution >= 4 is 23.4 Å². The van der Waals surface area contributed by atoms with Crippen molar-refractivity contribution in [2.24, 2.45) is 5.92 Å². The van der Waals surface area contributed by atoms with Gasteiger partial charge in [-0.3, -0.25) is 0 Å². The van der Waals surface area contributed by atoms with Gasteiger partial charge < -0.3 is 0 Å². The second-order valence-electron chi connectivity index (χ2n) is 4.07.